The lowest BCUT2D eigenvalue weighted by Gasteiger charge is -2.00. The van der Waals surface area contributed by atoms with Gasteiger partial charge in [0.05, 0.1) is 22.5 Å². The average Bonchev–Trinajstić information content (AvgIpc) is 3.29. The molecule has 4 heterocycles. The Morgan fingerprint density at radius 1 is 1.24 bits per heavy atom. The number of carbonyl (C=O) groups is 1. The lowest BCUT2D eigenvalue weighted by Crippen LogP contribution is -1.91. The predicted octanol–water partition coefficient (Wildman–Crippen LogP) is 3.71. The Bertz CT molecular complexity index is 1010. The number of thiazole rings is 1. The summed E-state index contributed by atoms with van der Waals surface area (Å²) in [4.78, 5) is 25.4. The number of hydrogen-bond acceptors (Lipinski definition) is 7. The minimum absolute atomic E-state index is 0.377. The molecule has 0 fully saturated rings. The summed E-state index contributed by atoms with van der Waals surface area (Å²) in [5.74, 6) is 0. The van der Waals surface area contributed by atoms with Crippen molar-refractivity contribution in [2.75, 3.05) is 7.05 Å². The van der Waals surface area contributed by atoms with Gasteiger partial charge in [-0.25, -0.2) is 9.97 Å². The van der Waals surface area contributed by atoms with Crippen LogP contribution < -0.4 is 5.73 Å². The second kappa shape index (κ2) is 7.33. The zero-order valence-electron chi connectivity index (χ0n) is 13.8. The standard InChI is InChI=1S/C17H11N3O2S.CH5N/c1-10-16(23-17(19-10)11-3-2-5-18-8-11)13-7-15-12(4-6-22-15)14(9-21)20-13;1-2/h2-9H,1H3;2H2,1H3. The van der Waals surface area contributed by atoms with Crippen LogP contribution in [-0.2, 0) is 0 Å². The molecule has 0 unspecified atom stereocenters. The molecule has 0 aromatic carbocycles. The van der Waals surface area contributed by atoms with Gasteiger partial charge in [-0.1, -0.05) is 0 Å². The summed E-state index contributed by atoms with van der Waals surface area (Å²) in [7, 11) is 1.50. The summed E-state index contributed by atoms with van der Waals surface area (Å²) in [6, 6.07) is 7.44. The van der Waals surface area contributed by atoms with Crippen LogP contribution in [0, 0.1) is 6.92 Å². The molecule has 0 saturated heterocycles. The molecule has 7 heteroatoms. The monoisotopic (exact) mass is 352 g/mol. The third kappa shape index (κ3) is 3.19. The van der Waals surface area contributed by atoms with Crippen molar-refractivity contribution in [2.45, 2.75) is 6.92 Å². The van der Waals surface area contributed by atoms with E-state index in [1.165, 1.54) is 18.4 Å². The number of nitrogens with two attached hydrogens (primary N) is 1. The Kier molecular flexibility index (Phi) is 4.97. The number of aryl methyl sites for hydroxylation is 1. The fraction of sp³-hybridized carbons (Fsp3) is 0.111. The number of carbonyl (C=O) groups excluding carboxylic acids is 1. The molecule has 4 aromatic rings. The van der Waals surface area contributed by atoms with Crippen LogP contribution in [0.2, 0.25) is 0 Å². The van der Waals surface area contributed by atoms with E-state index in [-0.39, 0.29) is 0 Å². The number of hydrogen-bond donors (Lipinski definition) is 1. The quantitative estimate of drug-likeness (QED) is 0.565. The lowest BCUT2D eigenvalue weighted by atomic mass is 10.2. The number of fused-ring (bicyclic) bond motifs is 1. The van der Waals surface area contributed by atoms with Gasteiger partial charge in [0.2, 0.25) is 0 Å². The maximum absolute atomic E-state index is 11.3. The fourth-order valence-electron chi connectivity index (χ4n) is 2.44. The SMILES string of the molecule is CN.Cc1nc(-c2cccnc2)sc1-c1cc2occc2c(C=O)n1. The molecule has 0 atom stereocenters. The van der Waals surface area contributed by atoms with E-state index in [1.807, 2.05) is 25.1 Å². The van der Waals surface area contributed by atoms with E-state index >= 15 is 0 Å². The first-order chi connectivity index (χ1) is 12.3. The molecule has 0 aliphatic heterocycles. The largest absolute Gasteiger partial charge is 0.464 e. The van der Waals surface area contributed by atoms with Crippen LogP contribution in [0.1, 0.15) is 16.2 Å². The summed E-state index contributed by atoms with van der Waals surface area (Å²) in [6.07, 6.45) is 5.82. The first-order valence-corrected chi connectivity index (χ1v) is 8.37. The molecule has 0 radical (unpaired) electrons. The van der Waals surface area contributed by atoms with Gasteiger partial charge in [-0.15, -0.1) is 11.3 Å². The van der Waals surface area contributed by atoms with Crippen molar-refractivity contribution in [1.29, 1.82) is 0 Å². The Hall–Kier alpha value is -2.90. The van der Waals surface area contributed by atoms with Crippen molar-refractivity contribution in [2.24, 2.45) is 5.73 Å². The molecule has 0 bridgehead atoms. The van der Waals surface area contributed by atoms with Crippen LogP contribution in [0.5, 0.6) is 0 Å². The summed E-state index contributed by atoms with van der Waals surface area (Å²) < 4.78 is 5.43. The topological polar surface area (TPSA) is 94.9 Å². The maximum atomic E-state index is 11.3. The van der Waals surface area contributed by atoms with Crippen molar-refractivity contribution in [1.82, 2.24) is 15.0 Å². The molecule has 0 amide bonds. The first kappa shape index (κ1) is 16.9. The molecule has 6 nitrogen and oxygen atoms in total. The van der Waals surface area contributed by atoms with Gasteiger partial charge >= 0.3 is 0 Å². The molecule has 4 rings (SSSR count). The van der Waals surface area contributed by atoms with Crippen molar-refractivity contribution < 1.29 is 9.21 Å². The number of rotatable bonds is 3. The van der Waals surface area contributed by atoms with E-state index in [2.05, 4.69) is 20.7 Å². The van der Waals surface area contributed by atoms with Crippen molar-refractivity contribution in [3.63, 3.8) is 0 Å². The molecule has 25 heavy (non-hydrogen) atoms. The lowest BCUT2D eigenvalue weighted by molar-refractivity contribution is 0.112. The zero-order chi connectivity index (χ0) is 17.8. The highest BCUT2D eigenvalue weighted by Crippen LogP contribution is 2.35. The molecular formula is C18H16N4O2S. The number of furan rings is 1. The Morgan fingerprint density at radius 2 is 2.08 bits per heavy atom. The highest BCUT2D eigenvalue weighted by atomic mass is 32.1. The third-order valence-corrected chi connectivity index (χ3v) is 4.76. The van der Waals surface area contributed by atoms with E-state index in [1.54, 1.807) is 24.7 Å². The van der Waals surface area contributed by atoms with E-state index in [9.17, 15) is 4.79 Å². The molecule has 0 spiro atoms. The van der Waals surface area contributed by atoms with Gasteiger partial charge in [-0.2, -0.15) is 0 Å². The number of aromatic nitrogens is 3. The van der Waals surface area contributed by atoms with Gasteiger partial charge in [0.15, 0.2) is 6.29 Å². The molecule has 4 aromatic heterocycles. The Labute approximate surface area is 148 Å². The normalized spacial score (nSPS) is 10.4. The number of nitrogens with zero attached hydrogens (tertiary/aromatic N) is 3. The predicted molar refractivity (Wildman–Crippen MR) is 98.6 cm³/mol. The summed E-state index contributed by atoms with van der Waals surface area (Å²) in [5.41, 5.74) is 8.04. The van der Waals surface area contributed by atoms with Gasteiger partial charge in [-0.05, 0) is 32.2 Å². The number of aldehydes is 1. The molecule has 126 valence electrons. The maximum Gasteiger partial charge on any atom is 0.169 e. The van der Waals surface area contributed by atoms with Crippen LogP contribution in [-0.4, -0.2) is 28.3 Å². The Morgan fingerprint density at radius 3 is 2.80 bits per heavy atom. The van der Waals surface area contributed by atoms with E-state index in [0.29, 0.717) is 17.0 Å². The minimum Gasteiger partial charge on any atom is -0.464 e. The molecular weight excluding hydrogens is 336 g/mol. The second-order valence-electron chi connectivity index (χ2n) is 5.02. The van der Waals surface area contributed by atoms with Crippen LogP contribution in [0.15, 0.2) is 47.3 Å². The van der Waals surface area contributed by atoms with Gasteiger partial charge in [0.1, 0.15) is 16.3 Å². The third-order valence-electron chi connectivity index (χ3n) is 3.53. The van der Waals surface area contributed by atoms with Crippen molar-refractivity contribution in [3.05, 3.63) is 54.3 Å². The summed E-state index contributed by atoms with van der Waals surface area (Å²) in [5, 5.41) is 1.60. The molecule has 0 aliphatic rings. The molecule has 0 saturated carbocycles. The van der Waals surface area contributed by atoms with Gasteiger partial charge in [-0.3, -0.25) is 9.78 Å². The highest BCUT2D eigenvalue weighted by molar-refractivity contribution is 7.18. The average molecular weight is 352 g/mol. The number of pyridine rings is 2. The minimum atomic E-state index is 0.377. The molecule has 0 aliphatic carbocycles. The van der Waals surface area contributed by atoms with Crippen LogP contribution >= 0.6 is 11.3 Å². The molecule has 2 N–H and O–H groups in total. The van der Waals surface area contributed by atoms with Gasteiger partial charge < -0.3 is 10.2 Å². The summed E-state index contributed by atoms with van der Waals surface area (Å²) >= 11 is 1.52. The van der Waals surface area contributed by atoms with Crippen molar-refractivity contribution >= 4 is 28.6 Å². The van der Waals surface area contributed by atoms with E-state index in [4.69, 9.17) is 4.42 Å². The zero-order valence-corrected chi connectivity index (χ0v) is 14.6. The second-order valence-corrected chi connectivity index (χ2v) is 6.02. The highest BCUT2D eigenvalue weighted by Gasteiger charge is 2.15. The van der Waals surface area contributed by atoms with Crippen LogP contribution in [0.4, 0.5) is 0 Å². The smallest absolute Gasteiger partial charge is 0.169 e. The van der Waals surface area contributed by atoms with Crippen LogP contribution in [0.25, 0.3) is 32.1 Å². The van der Waals surface area contributed by atoms with Crippen LogP contribution in [0.3, 0.4) is 0 Å². The van der Waals surface area contributed by atoms with Gasteiger partial charge in [0.25, 0.3) is 0 Å². The van der Waals surface area contributed by atoms with Gasteiger partial charge in [0, 0.05) is 29.4 Å². The first-order valence-electron chi connectivity index (χ1n) is 7.55. The van der Waals surface area contributed by atoms with Crippen molar-refractivity contribution in [3.8, 4) is 21.1 Å². The summed E-state index contributed by atoms with van der Waals surface area (Å²) in [6.45, 7) is 1.93. The van der Waals surface area contributed by atoms with E-state index in [0.717, 1.165) is 32.8 Å². The van der Waals surface area contributed by atoms with E-state index < -0.39 is 0 Å². The Balaban J connectivity index is 0.000000880. The fourth-order valence-corrected chi connectivity index (χ4v) is 3.46.